The lowest BCUT2D eigenvalue weighted by atomic mass is 9.85. The summed E-state index contributed by atoms with van der Waals surface area (Å²) in [6.07, 6.45) is 3.67. The molecule has 3 aromatic carbocycles. The molecule has 184 valence electrons. The average molecular weight is 487 g/mol. The van der Waals surface area contributed by atoms with Gasteiger partial charge in [-0.25, -0.2) is 9.07 Å². The van der Waals surface area contributed by atoms with Gasteiger partial charge in [-0.1, -0.05) is 30.7 Å². The van der Waals surface area contributed by atoms with Gasteiger partial charge in [-0.3, -0.25) is 4.79 Å². The van der Waals surface area contributed by atoms with Crippen LogP contribution in [0.25, 0.3) is 17.1 Å². The number of aromatic nitrogens is 3. The van der Waals surface area contributed by atoms with Crippen molar-refractivity contribution in [2.45, 2.75) is 25.7 Å². The summed E-state index contributed by atoms with van der Waals surface area (Å²) in [5, 5.41) is 7.51. The lowest BCUT2D eigenvalue weighted by Crippen LogP contribution is -2.27. The largest absolute Gasteiger partial charge is 0.497 e. The summed E-state index contributed by atoms with van der Waals surface area (Å²) in [6, 6.07) is 21.5. The van der Waals surface area contributed by atoms with Crippen LogP contribution in [0.3, 0.4) is 0 Å². The molecule has 0 atom stereocenters. The first-order valence-corrected chi connectivity index (χ1v) is 12.0. The van der Waals surface area contributed by atoms with Crippen LogP contribution in [-0.2, 0) is 11.2 Å². The Morgan fingerprint density at radius 2 is 1.86 bits per heavy atom. The second-order valence-electron chi connectivity index (χ2n) is 8.75. The van der Waals surface area contributed by atoms with E-state index in [1.807, 2.05) is 48.5 Å². The Balaban J connectivity index is 1.34. The minimum Gasteiger partial charge on any atom is -0.497 e. The highest BCUT2D eigenvalue weighted by atomic mass is 19.1. The molecular formula is C28H27FN4O3. The molecular weight excluding hydrogens is 459 g/mol. The summed E-state index contributed by atoms with van der Waals surface area (Å²) >= 11 is 0. The van der Waals surface area contributed by atoms with Crippen molar-refractivity contribution in [2.75, 3.05) is 19.0 Å². The summed E-state index contributed by atoms with van der Waals surface area (Å²) in [6.45, 7) is 0.380. The number of nitrogens with one attached hydrogen (secondary N) is 1. The van der Waals surface area contributed by atoms with Gasteiger partial charge < -0.3 is 14.8 Å². The lowest BCUT2D eigenvalue weighted by molar-refractivity contribution is -0.122. The average Bonchev–Trinajstić information content (AvgIpc) is 3.28. The van der Waals surface area contributed by atoms with E-state index < -0.39 is 0 Å². The summed E-state index contributed by atoms with van der Waals surface area (Å²) < 4.78 is 26.6. The van der Waals surface area contributed by atoms with Gasteiger partial charge in [0.1, 0.15) is 11.6 Å². The van der Waals surface area contributed by atoms with Gasteiger partial charge in [-0.2, -0.15) is 4.98 Å². The van der Waals surface area contributed by atoms with Crippen molar-refractivity contribution in [3.63, 3.8) is 0 Å². The molecule has 1 saturated carbocycles. The highest BCUT2D eigenvalue weighted by molar-refractivity contribution is 5.93. The van der Waals surface area contributed by atoms with Crippen LogP contribution in [0.5, 0.6) is 11.8 Å². The van der Waals surface area contributed by atoms with Crippen molar-refractivity contribution in [3.8, 4) is 28.8 Å². The zero-order valence-electron chi connectivity index (χ0n) is 20.0. The van der Waals surface area contributed by atoms with Gasteiger partial charge >= 0.3 is 6.01 Å². The number of amides is 1. The minimum absolute atomic E-state index is 0.0581. The number of rotatable bonds is 9. The SMILES string of the molecule is COc1ccc(CCOc2nc(-c3cccc(F)c3)n(-c3ccc(NC(=O)C4CCC4)cc3)n2)cc1. The van der Waals surface area contributed by atoms with E-state index in [4.69, 9.17) is 9.47 Å². The molecule has 0 saturated heterocycles. The fraction of sp³-hybridized carbons (Fsp3) is 0.250. The monoisotopic (exact) mass is 486 g/mol. The number of ether oxygens (including phenoxy) is 2. The van der Waals surface area contributed by atoms with Crippen LogP contribution < -0.4 is 14.8 Å². The maximum atomic E-state index is 14.0. The maximum Gasteiger partial charge on any atom is 0.336 e. The Kier molecular flexibility index (Phi) is 6.93. The highest BCUT2D eigenvalue weighted by Crippen LogP contribution is 2.28. The number of hydrogen-bond acceptors (Lipinski definition) is 5. The Bertz CT molecular complexity index is 1330. The van der Waals surface area contributed by atoms with E-state index in [1.165, 1.54) is 12.1 Å². The molecule has 0 aliphatic heterocycles. The number of halogens is 1. The molecule has 0 spiro atoms. The topological polar surface area (TPSA) is 78.3 Å². The normalized spacial score (nSPS) is 13.2. The second kappa shape index (κ2) is 10.6. The lowest BCUT2D eigenvalue weighted by Gasteiger charge is -2.24. The van der Waals surface area contributed by atoms with E-state index in [1.54, 1.807) is 23.9 Å². The van der Waals surface area contributed by atoms with Crippen LogP contribution in [-0.4, -0.2) is 34.4 Å². The zero-order chi connectivity index (χ0) is 24.9. The molecule has 4 aromatic rings. The Labute approximate surface area is 208 Å². The third-order valence-electron chi connectivity index (χ3n) is 6.31. The number of carbonyl (C=O) groups excluding carboxylic acids is 1. The molecule has 5 rings (SSSR count). The molecule has 0 unspecified atom stereocenters. The Hall–Kier alpha value is -4.20. The van der Waals surface area contributed by atoms with E-state index >= 15 is 0 Å². The van der Waals surface area contributed by atoms with Crippen molar-refractivity contribution in [3.05, 3.63) is 84.2 Å². The van der Waals surface area contributed by atoms with Gasteiger partial charge in [0.25, 0.3) is 0 Å². The molecule has 8 heteroatoms. The van der Waals surface area contributed by atoms with Gasteiger partial charge in [0.15, 0.2) is 5.82 Å². The predicted octanol–water partition coefficient (Wildman–Crippen LogP) is 5.44. The van der Waals surface area contributed by atoms with Crippen molar-refractivity contribution in [1.82, 2.24) is 14.8 Å². The molecule has 1 N–H and O–H groups in total. The van der Waals surface area contributed by atoms with E-state index in [-0.39, 0.29) is 23.7 Å². The fourth-order valence-corrected chi connectivity index (χ4v) is 4.00. The van der Waals surface area contributed by atoms with Gasteiger partial charge in [0, 0.05) is 23.6 Å². The molecule has 1 aromatic heterocycles. The van der Waals surface area contributed by atoms with Crippen molar-refractivity contribution in [1.29, 1.82) is 0 Å². The number of anilines is 1. The van der Waals surface area contributed by atoms with E-state index in [9.17, 15) is 9.18 Å². The number of methoxy groups -OCH3 is 1. The van der Waals surface area contributed by atoms with Crippen LogP contribution in [0.15, 0.2) is 72.8 Å². The molecule has 0 radical (unpaired) electrons. The van der Waals surface area contributed by atoms with Crippen LogP contribution >= 0.6 is 0 Å². The second-order valence-corrected chi connectivity index (χ2v) is 8.75. The first-order chi connectivity index (χ1) is 17.6. The Morgan fingerprint density at radius 1 is 1.08 bits per heavy atom. The number of nitrogens with zero attached hydrogens (tertiary/aromatic N) is 3. The first-order valence-electron chi connectivity index (χ1n) is 12.0. The van der Waals surface area contributed by atoms with Gasteiger partial charge in [0.05, 0.1) is 19.4 Å². The number of carbonyl (C=O) groups is 1. The maximum absolute atomic E-state index is 14.0. The third kappa shape index (κ3) is 5.38. The summed E-state index contributed by atoms with van der Waals surface area (Å²) in [4.78, 5) is 16.8. The standard InChI is InChI=1S/C28H27FN4O3/c1-35-25-14-8-19(9-15-25)16-17-36-28-31-26(21-6-3-7-22(29)18-21)33(32-28)24-12-10-23(11-13-24)30-27(34)20-4-2-5-20/h3,6-15,18,20H,2,4-5,16-17H2,1H3,(H,30,34). The number of benzene rings is 3. The van der Waals surface area contributed by atoms with Gasteiger partial charge in [-0.05, 0) is 66.9 Å². The molecule has 1 amide bonds. The van der Waals surface area contributed by atoms with Crippen LogP contribution in [0.2, 0.25) is 0 Å². The summed E-state index contributed by atoms with van der Waals surface area (Å²) in [7, 11) is 1.63. The van der Waals surface area contributed by atoms with Crippen molar-refractivity contribution >= 4 is 11.6 Å². The molecule has 1 aliphatic rings. The zero-order valence-corrected chi connectivity index (χ0v) is 20.0. The molecule has 0 bridgehead atoms. The van der Waals surface area contributed by atoms with E-state index in [2.05, 4.69) is 15.4 Å². The predicted molar refractivity (Wildman–Crippen MR) is 135 cm³/mol. The molecule has 7 nitrogen and oxygen atoms in total. The molecule has 1 heterocycles. The van der Waals surface area contributed by atoms with Gasteiger partial charge in [-0.15, -0.1) is 5.10 Å². The number of hydrogen-bond donors (Lipinski definition) is 1. The minimum atomic E-state index is -0.363. The van der Waals surface area contributed by atoms with Crippen molar-refractivity contribution in [2.24, 2.45) is 5.92 Å². The van der Waals surface area contributed by atoms with E-state index in [0.717, 1.165) is 36.3 Å². The molecule has 1 fully saturated rings. The van der Waals surface area contributed by atoms with Gasteiger partial charge in [0.2, 0.25) is 5.91 Å². The Morgan fingerprint density at radius 3 is 2.53 bits per heavy atom. The quantitative estimate of drug-likeness (QED) is 0.341. The van der Waals surface area contributed by atoms with Crippen LogP contribution in [0.4, 0.5) is 10.1 Å². The fourth-order valence-electron chi connectivity index (χ4n) is 4.00. The first kappa shape index (κ1) is 23.5. The van der Waals surface area contributed by atoms with Crippen LogP contribution in [0, 0.1) is 11.7 Å². The third-order valence-corrected chi connectivity index (χ3v) is 6.31. The summed E-state index contributed by atoms with van der Waals surface area (Å²) in [5.41, 5.74) is 3.11. The smallest absolute Gasteiger partial charge is 0.336 e. The highest BCUT2D eigenvalue weighted by Gasteiger charge is 2.25. The van der Waals surface area contributed by atoms with Crippen LogP contribution in [0.1, 0.15) is 24.8 Å². The van der Waals surface area contributed by atoms with E-state index in [0.29, 0.717) is 30.1 Å². The molecule has 1 aliphatic carbocycles. The summed E-state index contributed by atoms with van der Waals surface area (Å²) in [5.74, 6) is 1.06. The molecule has 36 heavy (non-hydrogen) atoms. The van der Waals surface area contributed by atoms with Crippen molar-refractivity contribution < 1.29 is 18.7 Å².